The van der Waals surface area contributed by atoms with Crippen molar-refractivity contribution in [3.8, 4) is 0 Å². The van der Waals surface area contributed by atoms with Gasteiger partial charge in [0, 0.05) is 5.69 Å². The number of carbonyl (C=O) groups is 2. The summed E-state index contributed by atoms with van der Waals surface area (Å²) in [5.41, 5.74) is 0.280. The third-order valence-corrected chi connectivity index (χ3v) is 4.38. The third kappa shape index (κ3) is 4.38. The molecule has 0 aliphatic rings. The molecule has 9 heteroatoms. The van der Waals surface area contributed by atoms with Crippen LogP contribution in [-0.4, -0.2) is 26.8 Å². The summed E-state index contributed by atoms with van der Waals surface area (Å²) >= 11 is 1.27. The Labute approximate surface area is 131 Å². The number of carbonyl (C=O) groups excluding carboxylic acids is 2. The van der Waals surface area contributed by atoms with Gasteiger partial charge in [0.25, 0.3) is 5.91 Å². The van der Waals surface area contributed by atoms with Crippen LogP contribution in [0, 0.1) is 0 Å². The lowest BCUT2D eigenvalue weighted by Crippen LogP contribution is -2.32. The van der Waals surface area contributed by atoms with Crippen LogP contribution in [0.3, 0.4) is 0 Å². The summed E-state index contributed by atoms with van der Waals surface area (Å²) in [5.74, 6) is -0.820. The zero-order valence-electron chi connectivity index (χ0n) is 11.3. The zero-order valence-corrected chi connectivity index (χ0v) is 12.9. The molecule has 4 N–H and O–H groups in total. The zero-order chi connectivity index (χ0) is 16.2. The summed E-state index contributed by atoms with van der Waals surface area (Å²) in [6.07, 6.45) is 0. The van der Waals surface area contributed by atoms with Gasteiger partial charge in [0.2, 0.25) is 15.9 Å². The molecule has 7 nitrogen and oxygen atoms in total. The number of amides is 2. The van der Waals surface area contributed by atoms with Crippen molar-refractivity contribution in [2.45, 2.75) is 4.90 Å². The number of rotatable bonds is 5. The number of thiophene rings is 1. The average molecular weight is 339 g/mol. The van der Waals surface area contributed by atoms with E-state index >= 15 is 0 Å². The highest BCUT2D eigenvalue weighted by Gasteiger charge is 2.11. The summed E-state index contributed by atoms with van der Waals surface area (Å²) in [6, 6.07) is 8.93. The molecule has 0 spiro atoms. The molecule has 2 aromatic rings. The van der Waals surface area contributed by atoms with Crippen LogP contribution in [0.5, 0.6) is 0 Å². The lowest BCUT2D eigenvalue weighted by atomic mass is 10.3. The van der Waals surface area contributed by atoms with Crippen LogP contribution in [0.2, 0.25) is 0 Å². The predicted octanol–water partition coefficient (Wildman–Crippen LogP) is 0.764. The Hall–Kier alpha value is -2.23. The van der Waals surface area contributed by atoms with Crippen LogP contribution in [0.15, 0.2) is 46.7 Å². The number of nitrogens with two attached hydrogens (primary N) is 1. The summed E-state index contributed by atoms with van der Waals surface area (Å²) in [7, 11) is -3.84. The van der Waals surface area contributed by atoms with Crippen LogP contribution >= 0.6 is 11.3 Å². The molecule has 0 saturated carbocycles. The minimum atomic E-state index is -3.84. The molecule has 0 bridgehead atoms. The second-order valence-corrected chi connectivity index (χ2v) is 6.79. The van der Waals surface area contributed by atoms with Gasteiger partial charge in [-0.05, 0) is 29.6 Å². The number of hydrogen-bond acceptors (Lipinski definition) is 5. The fourth-order valence-electron chi connectivity index (χ4n) is 1.61. The molecule has 116 valence electrons. The average Bonchev–Trinajstić information content (AvgIpc) is 2.98. The third-order valence-electron chi connectivity index (χ3n) is 2.60. The fraction of sp³-hybridized carbons (Fsp3) is 0.0769. The lowest BCUT2D eigenvalue weighted by molar-refractivity contribution is -0.115. The van der Waals surface area contributed by atoms with E-state index in [9.17, 15) is 18.0 Å². The lowest BCUT2D eigenvalue weighted by Gasteiger charge is -2.07. The predicted molar refractivity (Wildman–Crippen MR) is 83.1 cm³/mol. The van der Waals surface area contributed by atoms with E-state index in [1.54, 1.807) is 17.5 Å². The van der Waals surface area contributed by atoms with Crippen LogP contribution < -0.4 is 15.8 Å². The maximum absolute atomic E-state index is 11.7. The molecule has 0 aliphatic carbocycles. The van der Waals surface area contributed by atoms with E-state index in [1.807, 2.05) is 0 Å². The Balaban J connectivity index is 1.94. The molecular weight excluding hydrogens is 326 g/mol. The Morgan fingerprint density at radius 3 is 2.59 bits per heavy atom. The molecule has 1 heterocycles. The standard InChI is InChI=1S/C13H13N3O4S2/c14-22(19,20)10-4-1-3-9(7-10)16-12(17)8-15-13(18)11-5-2-6-21-11/h1-7H,8H2,(H,15,18)(H,16,17)(H2,14,19,20). The van der Waals surface area contributed by atoms with E-state index in [4.69, 9.17) is 5.14 Å². The van der Waals surface area contributed by atoms with E-state index in [-0.39, 0.29) is 23.0 Å². The number of hydrogen-bond donors (Lipinski definition) is 3. The van der Waals surface area contributed by atoms with Crippen molar-refractivity contribution in [1.29, 1.82) is 0 Å². The van der Waals surface area contributed by atoms with Crippen molar-refractivity contribution in [3.63, 3.8) is 0 Å². The number of nitrogens with one attached hydrogen (secondary N) is 2. The van der Waals surface area contributed by atoms with E-state index in [0.29, 0.717) is 4.88 Å². The van der Waals surface area contributed by atoms with Gasteiger partial charge in [-0.3, -0.25) is 9.59 Å². The Morgan fingerprint density at radius 1 is 1.18 bits per heavy atom. The van der Waals surface area contributed by atoms with Gasteiger partial charge in [-0.15, -0.1) is 11.3 Å². The highest BCUT2D eigenvalue weighted by Crippen LogP contribution is 2.14. The molecule has 1 aromatic heterocycles. The number of benzene rings is 1. The van der Waals surface area contributed by atoms with Crippen LogP contribution in [0.1, 0.15) is 9.67 Å². The van der Waals surface area contributed by atoms with E-state index in [1.165, 1.54) is 35.6 Å². The van der Waals surface area contributed by atoms with E-state index in [2.05, 4.69) is 10.6 Å². The van der Waals surface area contributed by atoms with Gasteiger partial charge in [0.15, 0.2) is 0 Å². The highest BCUT2D eigenvalue weighted by molar-refractivity contribution is 7.89. The number of anilines is 1. The smallest absolute Gasteiger partial charge is 0.261 e. The first-order valence-electron chi connectivity index (χ1n) is 6.11. The molecular formula is C13H13N3O4S2. The van der Waals surface area contributed by atoms with Crippen molar-refractivity contribution in [1.82, 2.24) is 5.32 Å². The summed E-state index contributed by atoms with van der Waals surface area (Å²) in [4.78, 5) is 23.8. The van der Waals surface area contributed by atoms with Crippen LogP contribution in [-0.2, 0) is 14.8 Å². The van der Waals surface area contributed by atoms with Crippen molar-refractivity contribution < 1.29 is 18.0 Å². The molecule has 0 atom stereocenters. The summed E-state index contributed by atoms with van der Waals surface area (Å²) < 4.78 is 22.5. The van der Waals surface area contributed by atoms with Crippen molar-refractivity contribution >= 4 is 38.9 Å². The van der Waals surface area contributed by atoms with Gasteiger partial charge in [-0.1, -0.05) is 12.1 Å². The molecule has 2 rings (SSSR count). The quantitative estimate of drug-likeness (QED) is 0.745. The van der Waals surface area contributed by atoms with Gasteiger partial charge in [-0.25, -0.2) is 13.6 Å². The highest BCUT2D eigenvalue weighted by atomic mass is 32.2. The minimum Gasteiger partial charge on any atom is -0.342 e. The molecule has 0 unspecified atom stereocenters. The molecule has 2 amide bonds. The number of primary sulfonamides is 1. The Kier molecular flexibility index (Phi) is 4.91. The fourth-order valence-corrected chi connectivity index (χ4v) is 2.81. The van der Waals surface area contributed by atoms with Gasteiger partial charge >= 0.3 is 0 Å². The van der Waals surface area contributed by atoms with Crippen LogP contribution in [0.4, 0.5) is 5.69 Å². The first kappa shape index (κ1) is 16.1. The SMILES string of the molecule is NS(=O)(=O)c1cccc(NC(=O)CNC(=O)c2cccs2)c1. The number of sulfonamides is 1. The maximum atomic E-state index is 11.7. The summed E-state index contributed by atoms with van der Waals surface area (Å²) in [5, 5.41) is 11.7. The van der Waals surface area contributed by atoms with Crippen molar-refractivity contribution in [2.75, 3.05) is 11.9 Å². The largest absolute Gasteiger partial charge is 0.342 e. The van der Waals surface area contributed by atoms with Crippen LogP contribution in [0.25, 0.3) is 0 Å². The van der Waals surface area contributed by atoms with Crippen molar-refractivity contribution in [3.05, 3.63) is 46.7 Å². The minimum absolute atomic E-state index is 0.104. The van der Waals surface area contributed by atoms with Crippen molar-refractivity contribution in [2.24, 2.45) is 5.14 Å². The second kappa shape index (κ2) is 6.69. The van der Waals surface area contributed by atoms with Gasteiger partial charge < -0.3 is 10.6 Å². The molecule has 0 fully saturated rings. The monoisotopic (exact) mass is 339 g/mol. The first-order valence-corrected chi connectivity index (χ1v) is 8.53. The molecule has 0 radical (unpaired) electrons. The van der Waals surface area contributed by atoms with Gasteiger partial charge in [0.1, 0.15) is 0 Å². The Bertz CT molecular complexity index is 785. The Morgan fingerprint density at radius 2 is 1.95 bits per heavy atom. The van der Waals surface area contributed by atoms with E-state index < -0.39 is 15.9 Å². The van der Waals surface area contributed by atoms with Gasteiger partial charge in [-0.2, -0.15) is 0 Å². The molecule has 1 aromatic carbocycles. The van der Waals surface area contributed by atoms with E-state index in [0.717, 1.165) is 0 Å². The van der Waals surface area contributed by atoms with Gasteiger partial charge in [0.05, 0.1) is 16.3 Å². The topological polar surface area (TPSA) is 118 Å². The molecule has 22 heavy (non-hydrogen) atoms. The first-order chi connectivity index (χ1) is 10.4. The maximum Gasteiger partial charge on any atom is 0.261 e. The molecule has 0 aliphatic heterocycles. The molecule has 0 saturated heterocycles. The summed E-state index contributed by atoms with van der Waals surface area (Å²) in [6.45, 7) is -0.226. The normalized spacial score (nSPS) is 11.0. The second-order valence-electron chi connectivity index (χ2n) is 4.28.